The van der Waals surface area contributed by atoms with Crippen molar-refractivity contribution in [3.8, 4) is 0 Å². The highest BCUT2D eigenvalue weighted by Gasteiger charge is 2.16. The number of ether oxygens (including phenoxy) is 1. The molecule has 3 nitrogen and oxygen atoms in total. The van der Waals surface area contributed by atoms with E-state index >= 15 is 0 Å². The van der Waals surface area contributed by atoms with Crippen LogP contribution in [0.25, 0.3) is 0 Å². The standard InChI is InChI=1S/C17H21NO2/c1-2-6-18-17(8-13-5-7-19-10-13)14-3-4-15-11-20-12-16(15)9-14/h3-5,7,9-10,17-18H,2,6,8,11-12H2,1H3. The summed E-state index contributed by atoms with van der Waals surface area (Å²) < 4.78 is 10.7. The highest BCUT2D eigenvalue weighted by Crippen LogP contribution is 2.26. The summed E-state index contributed by atoms with van der Waals surface area (Å²) in [6.45, 7) is 4.72. The molecule has 106 valence electrons. The number of furan rings is 1. The maximum atomic E-state index is 5.50. The smallest absolute Gasteiger partial charge is 0.0935 e. The quantitative estimate of drug-likeness (QED) is 0.871. The monoisotopic (exact) mass is 271 g/mol. The Morgan fingerprint density at radius 3 is 2.90 bits per heavy atom. The van der Waals surface area contributed by atoms with Crippen molar-refractivity contribution >= 4 is 0 Å². The van der Waals surface area contributed by atoms with E-state index < -0.39 is 0 Å². The second-order valence-corrected chi connectivity index (χ2v) is 5.36. The van der Waals surface area contributed by atoms with E-state index in [1.165, 1.54) is 22.3 Å². The normalized spacial score (nSPS) is 15.2. The first-order chi connectivity index (χ1) is 9.86. The zero-order chi connectivity index (χ0) is 13.8. The fourth-order valence-electron chi connectivity index (χ4n) is 2.68. The molecule has 1 aliphatic heterocycles. The molecule has 0 amide bonds. The lowest BCUT2D eigenvalue weighted by Crippen LogP contribution is -2.24. The topological polar surface area (TPSA) is 34.4 Å². The Hall–Kier alpha value is -1.58. The van der Waals surface area contributed by atoms with Gasteiger partial charge in [0.15, 0.2) is 0 Å². The van der Waals surface area contributed by atoms with Crippen LogP contribution in [0.1, 0.15) is 41.6 Å². The Morgan fingerprint density at radius 1 is 1.20 bits per heavy atom. The van der Waals surface area contributed by atoms with E-state index in [9.17, 15) is 0 Å². The molecule has 0 bridgehead atoms. The summed E-state index contributed by atoms with van der Waals surface area (Å²) in [5, 5.41) is 3.63. The molecule has 1 atom stereocenters. The molecule has 1 unspecified atom stereocenters. The zero-order valence-corrected chi connectivity index (χ0v) is 11.9. The molecular weight excluding hydrogens is 250 g/mol. The lowest BCUT2D eigenvalue weighted by molar-refractivity contribution is 0.134. The van der Waals surface area contributed by atoms with Gasteiger partial charge in [-0.25, -0.2) is 0 Å². The molecule has 0 fully saturated rings. The van der Waals surface area contributed by atoms with Crippen LogP contribution in [-0.2, 0) is 24.4 Å². The predicted molar refractivity (Wildman–Crippen MR) is 78.4 cm³/mol. The van der Waals surface area contributed by atoms with Gasteiger partial charge in [-0.3, -0.25) is 0 Å². The number of hydrogen-bond acceptors (Lipinski definition) is 3. The van der Waals surface area contributed by atoms with E-state index in [2.05, 4.69) is 30.4 Å². The zero-order valence-electron chi connectivity index (χ0n) is 11.9. The fourth-order valence-corrected chi connectivity index (χ4v) is 2.68. The number of nitrogens with one attached hydrogen (secondary N) is 1. The molecule has 1 aromatic heterocycles. The first-order valence-corrected chi connectivity index (χ1v) is 7.30. The van der Waals surface area contributed by atoms with Crippen LogP contribution in [-0.4, -0.2) is 6.54 Å². The van der Waals surface area contributed by atoms with Gasteiger partial charge in [-0.2, -0.15) is 0 Å². The van der Waals surface area contributed by atoms with Crippen molar-refractivity contribution in [3.63, 3.8) is 0 Å². The van der Waals surface area contributed by atoms with Gasteiger partial charge in [0.25, 0.3) is 0 Å². The number of fused-ring (bicyclic) bond motifs is 1. The summed E-state index contributed by atoms with van der Waals surface area (Å²) in [4.78, 5) is 0. The lowest BCUT2D eigenvalue weighted by atomic mass is 9.97. The van der Waals surface area contributed by atoms with E-state index in [1.807, 2.05) is 12.3 Å². The third kappa shape index (κ3) is 2.94. The molecule has 0 spiro atoms. The van der Waals surface area contributed by atoms with Crippen molar-refractivity contribution in [2.75, 3.05) is 6.54 Å². The van der Waals surface area contributed by atoms with Crippen LogP contribution in [0.15, 0.2) is 41.2 Å². The molecule has 0 saturated heterocycles. The molecule has 2 aromatic rings. The van der Waals surface area contributed by atoms with E-state index in [-0.39, 0.29) is 0 Å². The summed E-state index contributed by atoms with van der Waals surface area (Å²) in [7, 11) is 0. The van der Waals surface area contributed by atoms with Crippen LogP contribution < -0.4 is 5.32 Å². The summed E-state index contributed by atoms with van der Waals surface area (Å²) in [6.07, 6.45) is 5.66. The Morgan fingerprint density at radius 2 is 2.10 bits per heavy atom. The minimum Gasteiger partial charge on any atom is -0.472 e. The van der Waals surface area contributed by atoms with Crippen LogP contribution in [0.3, 0.4) is 0 Å². The average molecular weight is 271 g/mol. The molecule has 1 aromatic carbocycles. The molecule has 3 rings (SSSR count). The molecule has 2 heterocycles. The number of rotatable bonds is 6. The van der Waals surface area contributed by atoms with Crippen molar-refractivity contribution in [1.82, 2.24) is 5.32 Å². The van der Waals surface area contributed by atoms with Crippen molar-refractivity contribution in [2.45, 2.75) is 39.0 Å². The Kier molecular flexibility index (Phi) is 4.19. The molecule has 1 aliphatic rings. The molecule has 0 radical (unpaired) electrons. The minimum atomic E-state index is 0.332. The number of benzene rings is 1. The van der Waals surface area contributed by atoms with Gasteiger partial charge in [-0.15, -0.1) is 0 Å². The molecule has 0 aliphatic carbocycles. The van der Waals surface area contributed by atoms with Crippen molar-refractivity contribution in [3.05, 3.63) is 59.0 Å². The van der Waals surface area contributed by atoms with Crippen molar-refractivity contribution < 1.29 is 9.15 Å². The Balaban J connectivity index is 1.80. The van der Waals surface area contributed by atoms with Crippen LogP contribution in [0.4, 0.5) is 0 Å². The van der Waals surface area contributed by atoms with Crippen LogP contribution in [0.5, 0.6) is 0 Å². The molecule has 1 N–H and O–H groups in total. The van der Waals surface area contributed by atoms with Gasteiger partial charge < -0.3 is 14.5 Å². The van der Waals surface area contributed by atoms with E-state index in [0.29, 0.717) is 6.04 Å². The summed E-state index contributed by atoms with van der Waals surface area (Å²) in [5.41, 5.74) is 5.23. The Bertz CT molecular complexity index is 548. The largest absolute Gasteiger partial charge is 0.472 e. The fraction of sp³-hybridized carbons (Fsp3) is 0.412. The second kappa shape index (κ2) is 6.25. The molecule has 20 heavy (non-hydrogen) atoms. The third-order valence-electron chi connectivity index (χ3n) is 3.81. The molecule has 3 heteroatoms. The van der Waals surface area contributed by atoms with Gasteiger partial charge in [0.2, 0.25) is 0 Å². The Labute approximate surface area is 119 Å². The van der Waals surface area contributed by atoms with E-state index in [1.54, 1.807) is 6.26 Å². The summed E-state index contributed by atoms with van der Waals surface area (Å²) >= 11 is 0. The third-order valence-corrected chi connectivity index (χ3v) is 3.81. The number of hydrogen-bond donors (Lipinski definition) is 1. The van der Waals surface area contributed by atoms with Crippen molar-refractivity contribution in [2.24, 2.45) is 0 Å². The molecular formula is C17H21NO2. The van der Waals surface area contributed by atoms with Gasteiger partial charge in [0.05, 0.1) is 25.7 Å². The summed E-state index contributed by atoms with van der Waals surface area (Å²) in [5.74, 6) is 0. The second-order valence-electron chi connectivity index (χ2n) is 5.36. The van der Waals surface area contributed by atoms with Gasteiger partial charge in [0, 0.05) is 6.04 Å². The predicted octanol–water partition coefficient (Wildman–Crippen LogP) is 3.59. The van der Waals surface area contributed by atoms with Gasteiger partial charge in [-0.05, 0) is 47.7 Å². The van der Waals surface area contributed by atoms with E-state index in [4.69, 9.17) is 9.15 Å². The maximum Gasteiger partial charge on any atom is 0.0935 e. The lowest BCUT2D eigenvalue weighted by Gasteiger charge is -2.19. The molecule has 0 saturated carbocycles. The highest BCUT2D eigenvalue weighted by atomic mass is 16.5. The summed E-state index contributed by atoms with van der Waals surface area (Å²) in [6, 6.07) is 9.08. The van der Waals surface area contributed by atoms with Crippen LogP contribution >= 0.6 is 0 Å². The van der Waals surface area contributed by atoms with Crippen LogP contribution in [0, 0.1) is 0 Å². The first-order valence-electron chi connectivity index (χ1n) is 7.30. The minimum absolute atomic E-state index is 0.332. The SMILES string of the molecule is CCCNC(Cc1ccoc1)c1ccc2c(c1)COC2. The highest BCUT2D eigenvalue weighted by molar-refractivity contribution is 5.35. The van der Waals surface area contributed by atoms with Gasteiger partial charge >= 0.3 is 0 Å². The maximum absolute atomic E-state index is 5.50. The van der Waals surface area contributed by atoms with Gasteiger partial charge in [0.1, 0.15) is 0 Å². The van der Waals surface area contributed by atoms with Crippen LogP contribution in [0.2, 0.25) is 0 Å². The first kappa shape index (κ1) is 13.4. The van der Waals surface area contributed by atoms with Crippen molar-refractivity contribution in [1.29, 1.82) is 0 Å². The van der Waals surface area contributed by atoms with Gasteiger partial charge in [-0.1, -0.05) is 25.1 Å². The average Bonchev–Trinajstić information content (AvgIpc) is 3.13. The van der Waals surface area contributed by atoms with E-state index in [0.717, 1.165) is 32.6 Å².